The van der Waals surface area contributed by atoms with Gasteiger partial charge < -0.3 is 0 Å². The molecule has 1 aliphatic carbocycles. The second kappa shape index (κ2) is 6.83. The van der Waals surface area contributed by atoms with Crippen molar-refractivity contribution < 1.29 is 0 Å². The molecule has 3 aromatic rings. The molecule has 1 atom stereocenters. The van der Waals surface area contributed by atoms with Gasteiger partial charge >= 0.3 is 0 Å². The number of aromatic nitrogens is 3. The van der Waals surface area contributed by atoms with Crippen LogP contribution in [0.2, 0.25) is 0 Å². The molecule has 1 aromatic heterocycles. The minimum absolute atomic E-state index is 0.114. The van der Waals surface area contributed by atoms with Gasteiger partial charge in [0.1, 0.15) is 0 Å². The van der Waals surface area contributed by atoms with Gasteiger partial charge in [0, 0.05) is 11.6 Å². The highest BCUT2D eigenvalue weighted by molar-refractivity contribution is 5.29. The van der Waals surface area contributed by atoms with Crippen molar-refractivity contribution in [3.63, 3.8) is 0 Å². The van der Waals surface area contributed by atoms with Crippen LogP contribution in [0, 0.1) is 0 Å². The predicted octanol–water partition coefficient (Wildman–Crippen LogP) is 4.55. The third-order valence-corrected chi connectivity index (χ3v) is 5.58. The Kier molecular flexibility index (Phi) is 4.39. The van der Waals surface area contributed by atoms with E-state index in [1.165, 1.54) is 36.0 Å². The maximum absolute atomic E-state index is 4.55. The molecule has 0 aliphatic heterocycles. The quantitative estimate of drug-likeness (QED) is 0.705. The van der Waals surface area contributed by atoms with E-state index in [9.17, 15) is 0 Å². The highest BCUT2D eigenvalue weighted by Crippen LogP contribution is 2.35. The largest absolute Gasteiger partial charge is 0.248 e. The Hall–Kier alpha value is -2.42. The molecule has 0 N–H and O–H groups in total. The Labute approximate surface area is 149 Å². The Morgan fingerprint density at radius 3 is 2.44 bits per heavy atom. The molecule has 3 heteroatoms. The second-order valence-corrected chi connectivity index (χ2v) is 7.47. The van der Waals surface area contributed by atoms with Crippen LogP contribution in [0.4, 0.5) is 0 Å². The summed E-state index contributed by atoms with van der Waals surface area (Å²) in [5.74, 6) is 0. The lowest BCUT2D eigenvalue weighted by atomic mass is 9.74. The van der Waals surface area contributed by atoms with E-state index in [2.05, 4.69) is 72.0 Å². The Morgan fingerprint density at radius 1 is 0.920 bits per heavy atom. The van der Waals surface area contributed by atoms with Crippen LogP contribution in [0.25, 0.3) is 0 Å². The molecule has 3 nitrogen and oxygen atoms in total. The zero-order chi connectivity index (χ0) is 17.1. The van der Waals surface area contributed by atoms with Crippen molar-refractivity contribution in [2.24, 2.45) is 0 Å². The maximum Gasteiger partial charge on any atom is 0.0886 e. The van der Waals surface area contributed by atoms with Crippen LogP contribution in [0.15, 0.2) is 60.8 Å². The summed E-state index contributed by atoms with van der Waals surface area (Å²) in [6, 6.07) is 19.3. The molecule has 0 spiro atoms. The fourth-order valence-electron chi connectivity index (χ4n) is 3.93. The van der Waals surface area contributed by atoms with Crippen molar-refractivity contribution in [3.8, 4) is 0 Å². The molecule has 0 saturated carbocycles. The molecule has 0 fully saturated rings. The van der Waals surface area contributed by atoms with E-state index in [1.54, 1.807) is 0 Å². The number of aryl methyl sites for hydroxylation is 2. The van der Waals surface area contributed by atoms with Crippen LogP contribution in [0.5, 0.6) is 0 Å². The van der Waals surface area contributed by atoms with Gasteiger partial charge in [-0.05, 0) is 48.8 Å². The molecule has 0 saturated heterocycles. The van der Waals surface area contributed by atoms with E-state index in [1.807, 2.05) is 10.7 Å². The van der Waals surface area contributed by atoms with E-state index in [0.29, 0.717) is 0 Å². The van der Waals surface area contributed by atoms with Crippen LogP contribution >= 0.6 is 0 Å². The van der Waals surface area contributed by atoms with Gasteiger partial charge in [-0.2, -0.15) is 0 Å². The van der Waals surface area contributed by atoms with Crippen molar-refractivity contribution in [1.29, 1.82) is 0 Å². The molecule has 1 aliphatic rings. The van der Waals surface area contributed by atoms with Gasteiger partial charge in [0.05, 0.1) is 12.2 Å². The molecule has 2 aromatic carbocycles. The lowest BCUT2D eigenvalue weighted by Gasteiger charge is -2.30. The Morgan fingerprint density at radius 2 is 1.64 bits per heavy atom. The number of rotatable bonds is 3. The third kappa shape index (κ3) is 3.51. The van der Waals surface area contributed by atoms with Gasteiger partial charge in [-0.25, -0.2) is 4.68 Å². The SMILES string of the molecule is CC1(c2cn(Cc3ccccc3)nn2)CCCc2ccccc2CC1. The van der Waals surface area contributed by atoms with Gasteiger partial charge in [0.25, 0.3) is 0 Å². The molecule has 0 amide bonds. The number of hydrogen-bond acceptors (Lipinski definition) is 2. The van der Waals surface area contributed by atoms with Crippen LogP contribution < -0.4 is 0 Å². The lowest BCUT2D eigenvalue weighted by molar-refractivity contribution is 0.370. The first-order valence-electron chi connectivity index (χ1n) is 9.24. The van der Waals surface area contributed by atoms with Crippen molar-refractivity contribution in [1.82, 2.24) is 15.0 Å². The zero-order valence-electron chi connectivity index (χ0n) is 14.9. The molecule has 0 radical (unpaired) electrons. The molecule has 0 bridgehead atoms. The van der Waals surface area contributed by atoms with Crippen molar-refractivity contribution in [3.05, 3.63) is 83.2 Å². The Balaban J connectivity index is 1.53. The molecule has 1 unspecified atom stereocenters. The van der Waals surface area contributed by atoms with E-state index in [0.717, 1.165) is 25.1 Å². The van der Waals surface area contributed by atoms with Crippen LogP contribution in [-0.4, -0.2) is 15.0 Å². The van der Waals surface area contributed by atoms with E-state index in [4.69, 9.17) is 0 Å². The number of fused-ring (bicyclic) bond motifs is 1. The standard InChI is InChI=1S/C22H25N3/c1-22(14-7-12-19-10-5-6-11-20(19)13-15-22)21-17-25(24-23-21)16-18-8-3-2-4-9-18/h2-6,8-11,17H,7,12-16H2,1H3. The number of hydrogen-bond donors (Lipinski definition) is 0. The lowest BCUT2D eigenvalue weighted by Crippen LogP contribution is -2.25. The summed E-state index contributed by atoms with van der Waals surface area (Å²) in [6.07, 6.45) is 7.96. The molecule has 1 heterocycles. The fraction of sp³-hybridized carbons (Fsp3) is 0.364. The summed E-state index contributed by atoms with van der Waals surface area (Å²) >= 11 is 0. The van der Waals surface area contributed by atoms with Gasteiger partial charge in [0.15, 0.2) is 0 Å². The van der Waals surface area contributed by atoms with Crippen molar-refractivity contribution >= 4 is 0 Å². The number of nitrogens with zero attached hydrogens (tertiary/aromatic N) is 3. The summed E-state index contributed by atoms with van der Waals surface area (Å²) in [5, 5.41) is 8.95. The normalized spacial score (nSPS) is 20.5. The first-order chi connectivity index (χ1) is 12.2. The average Bonchev–Trinajstić information content (AvgIpc) is 3.09. The number of benzene rings is 2. The molecular weight excluding hydrogens is 306 g/mol. The first kappa shape index (κ1) is 16.1. The van der Waals surface area contributed by atoms with Crippen LogP contribution in [-0.2, 0) is 24.8 Å². The third-order valence-electron chi connectivity index (χ3n) is 5.58. The zero-order valence-corrected chi connectivity index (χ0v) is 14.9. The molecule has 25 heavy (non-hydrogen) atoms. The van der Waals surface area contributed by atoms with Crippen LogP contribution in [0.1, 0.15) is 48.6 Å². The van der Waals surface area contributed by atoms with Gasteiger partial charge in [-0.15, -0.1) is 5.10 Å². The summed E-state index contributed by atoms with van der Waals surface area (Å²) in [5.41, 5.74) is 5.54. The van der Waals surface area contributed by atoms with E-state index < -0.39 is 0 Å². The topological polar surface area (TPSA) is 30.7 Å². The second-order valence-electron chi connectivity index (χ2n) is 7.47. The first-order valence-corrected chi connectivity index (χ1v) is 9.24. The van der Waals surface area contributed by atoms with Crippen molar-refractivity contribution in [2.75, 3.05) is 0 Å². The molecule has 4 rings (SSSR count). The van der Waals surface area contributed by atoms with Crippen LogP contribution in [0.3, 0.4) is 0 Å². The van der Waals surface area contributed by atoms with Gasteiger partial charge in [-0.3, -0.25) is 0 Å². The summed E-state index contributed by atoms with van der Waals surface area (Å²) < 4.78 is 1.97. The fourth-order valence-corrected chi connectivity index (χ4v) is 3.93. The van der Waals surface area contributed by atoms with Gasteiger partial charge in [-0.1, -0.05) is 66.7 Å². The average molecular weight is 331 g/mol. The van der Waals surface area contributed by atoms with Gasteiger partial charge in [0.2, 0.25) is 0 Å². The maximum atomic E-state index is 4.55. The highest BCUT2D eigenvalue weighted by Gasteiger charge is 2.30. The van der Waals surface area contributed by atoms with E-state index >= 15 is 0 Å². The highest BCUT2D eigenvalue weighted by atomic mass is 15.4. The minimum Gasteiger partial charge on any atom is -0.248 e. The smallest absolute Gasteiger partial charge is 0.0886 e. The molecular formula is C22H25N3. The summed E-state index contributed by atoms with van der Waals surface area (Å²) in [4.78, 5) is 0. The van der Waals surface area contributed by atoms with Crippen molar-refractivity contribution in [2.45, 2.75) is 51.0 Å². The predicted molar refractivity (Wildman–Crippen MR) is 101 cm³/mol. The summed E-state index contributed by atoms with van der Waals surface area (Å²) in [6.45, 7) is 3.14. The summed E-state index contributed by atoms with van der Waals surface area (Å²) in [7, 11) is 0. The minimum atomic E-state index is 0.114. The monoisotopic (exact) mass is 331 g/mol. The van der Waals surface area contributed by atoms with E-state index in [-0.39, 0.29) is 5.41 Å². The Bertz CT molecular complexity index is 837. The molecule has 128 valence electrons.